The second-order valence-corrected chi connectivity index (χ2v) is 9.57. The maximum absolute atomic E-state index is 4.45. The molecule has 2 fully saturated rings. The van der Waals surface area contributed by atoms with Gasteiger partial charge in [0.25, 0.3) is 0 Å². The van der Waals surface area contributed by atoms with Crippen LogP contribution in [0.4, 0.5) is 0 Å². The summed E-state index contributed by atoms with van der Waals surface area (Å²) in [6.45, 7) is 18.4. The van der Waals surface area contributed by atoms with Crippen LogP contribution in [0, 0.1) is 34.5 Å². The zero-order valence-electron chi connectivity index (χ0n) is 16.6. The highest BCUT2D eigenvalue weighted by molar-refractivity contribution is 5.51. The van der Waals surface area contributed by atoms with Crippen LogP contribution in [0.15, 0.2) is 59.8 Å². The minimum absolute atomic E-state index is 0.130. The summed E-state index contributed by atoms with van der Waals surface area (Å²) in [6.07, 6.45) is 16.1. The van der Waals surface area contributed by atoms with Gasteiger partial charge in [0.15, 0.2) is 0 Å². The molecule has 0 aromatic rings. The fraction of sp³-hybridized carbons (Fsp3) is 0.600. The molecule has 0 N–H and O–H groups in total. The van der Waals surface area contributed by atoms with E-state index in [1.807, 2.05) is 0 Å². The Labute approximate surface area is 154 Å². The average molecular weight is 335 g/mol. The second-order valence-electron chi connectivity index (χ2n) is 9.57. The van der Waals surface area contributed by atoms with Crippen LogP contribution in [0.1, 0.15) is 59.8 Å². The van der Waals surface area contributed by atoms with E-state index in [-0.39, 0.29) is 5.41 Å². The van der Waals surface area contributed by atoms with E-state index in [9.17, 15) is 0 Å². The number of hydrogen-bond donors (Lipinski definition) is 0. The molecule has 0 spiro atoms. The molecule has 6 atom stereocenters. The first-order valence-electron chi connectivity index (χ1n) is 10.3. The lowest BCUT2D eigenvalue weighted by Crippen LogP contribution is -2.45. The van der Waals surface area contributed by atoms with Crippen LogP contribution in [0.3, 0.4) is 0 Å². The van der Waals surface area contributed by atoms with Gasteiger partial charge in [-0.25, -0.2) is 0 Å². The van der Waals surface area contributed by atoms with Crippen molar-refractivity contribution < 1.29 is 0 Å². The molecule has 0 aromatic heterocycles. The quantitative estimate of drug-likeness (QED) is 0.475. The highest BCUT2D eigenvalue weighted by Gasteiger charge is 2.56. The van der Waals surface area contributed by atoms with Crippen molar-refractivity contribution in [1.82, 2.24) is 0 Å². The summed E-state index contributed by atoms with van der Waals surface area (Å²) in [7, 11) is 0. The van der Waals surface area contributed by atoms with E-state index in [2.05, 4.69) is 65.2 Å². The zero-order chi connectivity index (χ0) is 18.0. The molecule has 0 saturated heterocycles. The molecule has 0 heteroatoms. The smallest absolute Gasteiger partial charge is 0.0284 e. The van der Waals surface area contributed by atoms with Gasteiger partial charge >= 0.3 is 0 Å². The van der Waals surface area contributed by atoms with Crippen molar-refractivity contribution in [3.63, 3.8) is 0 Å². The van der Waals surface area contributed by atoms with E-state index in [1.54, 1.807) is 11.1 Å². The van der Waals surface area contributed by atoms with Gasteiger partial charge in [-0.05, 0) is 73.7 Å². The van der Waals surface area contributed by atoms with Crippen LogP contribution in [0.25, 0.3) is 0 Å². The van der Waals surface area contributed by atoms with E-state index in [0.29, 0.717) is 11.3 Å². The topological polar surface area (TPSA) is 0 Å². The summed E-state index contributed by atoms with van der Waals surface area (Å²) in [6, 6.07) is 0. The van der Waals surface area contributed by atoms with Crippen LogP contribution in [-0.4, -0.2) is 0 Å². The summed E-state index contributed by atoms with van der Waals surface area (Å²) in [4.78, 5) is 0. The van der Waals surface area contributed by atoms with E-state index < -0.39 is 0 Å². The van der Waals surface area contributed by atoms with Crippen molar-refractivity contribution >= 4 is 0 Å². The van der Waals surface area contributed by atoms with Crippen molar-refractivity contribution in [1.29, 1.82) is 0 Å². The highest BCUT2D eigenvalue weighted by Crippen LogP contribution is 2.65. The zero-order valence-corrected chi connectivity index (χ0v) is 16.6. The number of fused-ring (bicyclic) bond motifs is 5. The third-order valence-electron chi connectivity index (χ3n) is 8.31. The summed E-state index contributed by atoms with van der Waals surface area (Å²) < 4.78 is 0. The molecule has 0 amide bonds. The molecule has 4 rings (SSSR count). The summed E-state index contributed by atoms with van der Waals surface area (Å²) in [5.41, 5.74) is 6.53. The Morgan fingerprint density at radius 2 is 2.00 bits per heavy atom. The Hall–Kier alpha value is -1.30. The van der Waals surface area contributed by atoms with Crippen LogP contribution in [0.2, 0.25) is 0 Å². The average Bonchev–Trinajstić information content (AvgIpc) is 2.93. The van der Waals surface area contributed by atoms with Crippen LogP contribution < -0.4 is 0 Å². The van der Waals surface area contributed by atoms with Gasteiger partial charge in [0.05, 0.1) is 0 Å². The van der Waals surface area contributed by atoms with Gasteiger partial charge < -0.3 is 0 Å². The number of rotatable bonds is 2. The summed E-state index contributed by atoms with van der Waals surface area (Å²) in [5.74, 6) is 2.97. The fourth-order valence-corrected chi connectivity index (χ4v) is 6.91. The standard InChI is InChI=1S/C25H34/c1-7-17(3)20-8-9-21-19-15-18(4)23-14-16(2)10-12-25(23,6)22(19)11-13-24(20,21)5/h10-12,14,18-21H,2-3,7-9,13,15H2,1,4-6H3/t18-,19?,20+,21?,24?,25+/m0/s1. The highest BCUT2D eigenvalue weighted by atomic mass is 14.6. The molecule has 25 heavy (non-hydrogen) atoms. The number of allylic oxidation sites excluding steroid dienone is 8. The van der Waals surface area contributed by atoms with Gasteiger partial charge in [0.2, 0.25) is 0 Å². The molecule has 0 nitrogen and oxygen atoms in total. The number of hydrogen-bond acceptors (Lipinski definition) is 0. The van der Waals surface area contributed by atoms with Crippen LogP contribution >= 0.6 is 0 Å². The Morgan fingerprint density at radius 3 is 2.72 bits per heavy atom. The molecule has 3 unspecified atom stereocenters. The third kappa shape index (κ3) is 2.25. The molecule has 4 aliphatic rings. The van der Waals surface area contributed by atoms with Gasteiger partial charge in [0, 0.05) is 5.41 Å². The molecular formula is C25H34. The molecule has 0 aliphatic heterocycles. The Bertz CT molecular complexity index is 714. The monoisotopic (exact) mass is 334 g/mol. The third-order valence-corrected chi connectivity index (χ3v) is 8.31. The maximum atomic E-state index is 4.45. The molecule has 0 aromatic carbocycles. The molecule has 134 valence electrons. The van der Waals surface area contributed by atoms with Crippen molar-refractivity contribution in [2.75, 3.05) is 0 Å². The minimum atomic E-state index is 0.130. The van der Waals surface area contributed by atoms with Crippen molar-refractivity contribution in [2.24, 2.45) is 34.5 Å². The Kier molecular flexibility index (Phi) is 3.84. The van der Waals surface area contributed by atoms with Crippen molar-refractivity contribution in [2.45, 2.75) is 59.8 Å². The van der Waals surface area contributed by atoms with Gasteiger partial charge in [0.1, 0.15) is 0 Å². The largest absolute Gasteiger partial charge is 0.0996 e. The fourth-order valence-electron chi connectivity index (χ4n) is 6.91. The van der Waals surface area contributed by atoms with E-state index >= 15 is 0 Å². The first-order chi connectivity index (χ1) is 11.8. The minimum Gasteiger partial charge on any atom is -0.0996 e. The maximum Gasteiger partial charge on any atom is 0.0284 e. The van der Waals surface area contributed by atoms with Gasteiger partial charge in [-0.15, -0.1) is 0 Å². The summed E-state index contributed by atoms with van der Waals surface area (Å²) >= 11 is 0. The molecule has 0 radical (unpaired) electrons. The predicted octanol–water partition coefficient (Wildman–Crippen LogP) is 7.03. The first-order valence-corrected chi connectivity index (χ1v) is 10.3. The first kappa shape index (κ1) is 17.1. The predicted molar refractivity (Wildman–Crippen MR) is 108 cm³/mol. The van der Waals surface area contributed by atoms with E-state index in [1.165, 1.54) is 36.8 Å². The molecule has 4 aliphatic carbocycles. The molecule has 2 saturated carbocycles. The van der Waals surface area contributed by atoms with Crippen molar-refractivity contribution in [3.8, 4) is 0 Å². The normalized spacial score (nSPS) is 45.2. The molecule has 0 heterocycles. The lowest BCUT2D eigenvalue weighted by atomic mass is 9.50. The van der Waals surface area contributed by atoms with Crippen molar-refractivity contribution in [3.05, 3.63) is 59.8 Å². The van der Waals surface area contributed by atoms with Crippen LogP contribution in [-0.2, 0) is 0 Å². The van der Waals surface area contributed by atoms with Gasteiger partial charge in [-0.2, -0.15) is 0 Å². The van der Waals surface area contributed by atoms with Gasteiger partial charge in [-0.1, -0.05) is 75.0 Å². The van der Waals surface area contributed by atoms with Crippen LogP contribution in [0.5, 0.6) is 0 Å². The Balaban J connectivity index is 1.76. The SMILES string of the molecule is C=C1C=C[C@]2(C)C3=CCC4(C)C(CC[C@@H]4C(=C)CC)C3C[C@H](C)C2=C1. The lowest BCUT2D eigenvalue weighted by molar-refractivity contribution is 0.0944. The molecular weight excluding hydrogens is 300 g/mol. The van der Waals surface area contributed by atoms with Gasteiger partial charge in [-0.3, -0.25) is 0 Å². The lowest BCUT2D eigenvalue weighted by Gasteiger charge is -2.54. The van der Waals surface area contributed by atoms with E-state index in [4.69, 9.17) is 0 Å². The summed E-state index contributed by atoms with van der Waals surface area (Å²) in [5, 5.41) is 0. The Morgan fingerprint density at radius 1 is 1.24 bits per heavy atom. The molecule has 0 bridgehead atoms. The second kappa shape index (κ2) is 5.60. The van der Waals surface area contributed by atoms with E-state index in [0.717, 1.165) is 24.2 Å².